The molecule has 0 fully saturated rings. The van der Waals surface area contributed by atoms with Gasteiger partial charge in [-0.25, -0.2) is 19.0 Å². The lowest BCUT2D eigenvalue weighted by Gasteiger charge is -2.08. The first-order chi connectivity index (χ1) is 12.4. The summed E-state index contributed by atoms with van der Waals surface area (Å²) >= 11 is 0. The smallest absolute Gasteiger partial charge is 0.389 e. The zero-order valence-electron chi connectivity index (χ0n) is 13.6. The highest BCUT2D eigenvalue weighted by molar-refractivity contribution is 5.55. The minimum atomic E-state index is -3.02. The van der Waals surface area contributed by atoms with Gasteiger partial charge in [-0.2, -0.15) is 13.9 Å². The zero-order valence-corrected chi connectivity index (χ0v) is 13.6. The normalized spacial score (nSPS) is 11.0. The second kappa shape index (κ2) is 7.34. The number of alkyl halides is 2. The predicted molar refractivity (Wildman–Crippen MR) is 86.4 cm³/mol. The van der Waals surface area contributed by atoms with Gasteiger partial charge in [-0.15, -0.1) is 0 Å². The van der Waals surface area contributed by atoms with E-state index in [-0.39, 0.29) is 17.9 Å². The molecule has 2 aromatic heterocycles. The van der Waals surface area contributed by atoms with Gasteiger partial charge in [0, 0.05) is 24.0 Å². The van der Waals surface area contributed by atoms with Crippen molar-refractivity contribution in [3.63, 3.8) is 0 Å². The predicted octanol–water partition coefficient (Wildman–Crippen LogP) is 2.80. The van der Waals surface area contributed by atoms with Crippen molar-refractivity contribution < 1.29 is 17.9 Å². The van der Waals surface area contributed by atoms with E-state index in [1.165, 1.54) is 35.3 Å². The van der Waals surface area contributed by atoms with Crippen LogP contribution in [0.1, 0.15) is 11.1 Å². The fraction of sp³-hybridized carbons (Fsp3) is 0.176. The second-order valence-electron chi connectivity index (χ2n) is 5.43. The van der Waals surface area contributed by atoms with E-state index in [4.69, 9.17) is 0 Å². The molecule has 0 bridgehead atoms. The quantitative estimate of drug-likeness (QED) is 0.698. The molecule has 0 saturated carbocycles. The summed E-state index contributed by atoms with van der Waals surface area (Å²) in [4.78, 5) is 19.3. The Balaban J connectivity index is 1.87. The molecule has 1 aromatic carbocycles. The maximum absolute atomic E-state index is 13.7. The van der Waals surface area contributed by atoms with Crippen LogP contribution in [0.3, 0.4) is 0 Å². The van der Waals surface area contributed by atoms with E-state index in [9.17, 15) is 18.0 Å². The Morgan fingerprint density at radius 3 is 2.54 bits per heavy atom. The largest absolute Gasteiger partial charge is 0.401 e. The summed E-state index contributed by atoms with van der Waals surface area (Å²) < 4.78 is 43.2. The molecular weight excluding hydrogens is 349 g/mol. The Kier molecular flexibility index (Phi) is 4.97. The third kappa shape index (κ3) is 4.05. The van der Waals surface area contributed by atoms with Crippen molar-refractivity contribution in [1.29, 1.82) is 0 Å². The van der Waals surface area contributed by atoms with Crippen LogP contribution in [-0.4, -0.2) is 26.4 Å². The molecule has 0 unspecified atom stereocenters. The molecule has 0 spiro atoms. The van der Waals surface area contributed by atoms with E-state index in [0.29, 0.717) is 22.4 Å². The van der Waals surface area contributed by atoms with Crippen LogP contribution in [0.15, 0.2) is 47.5 Å². The lowest BCUT2D eigenvalue weighted by Crippen LogP contribution is -2.23. The van der Waals surface area contributed by atoms with Gasteiger partial charge in [0.1, 0.15) is 5.82 Å². The van der Waals surface area contributed by atoms with E-state index >= 15 is 0 Å². The van der Waals surface area contributed by atoms with Crippen LogP contribution in [0.5, 0.6) is 6.01 Å². The van der Waals surface area contributed by atoms with E-state index in [1.54, 1.807) is 19.1 Å². The molecule has 0 aliphatic rings. The molecule has 0 amide bonds. The molecule has 0 radical (unpaired) electrons. The number of nitrogens with zero attached hydrogens (tertiary/aromatic N) is 4. The van der Waals surface area contributed by atoms with Gasteiger partial charge >= 0.3 is 12.6 Å². The Morgan fingerprint density at radius 1 is 1.15 bits per heavy atom. The molecule has 26 heavy (non-hydrogen) atoms. The Morgan fingerprint density at radius 2 is 1.88 bits per heavy atom. The first-order valence-corrected chi connectivity index (χ1v) is 7.53. The molecule has 0 aliphatic heterocycles. The van der Waals surface area contributed by atoms with Gasteiger partial charge in [0.05, 0.1) is 12.2 Å². The van der Waals surface area contributed by atoms with Gasteiger partial charge in [0.15, 0.2) is 0 Å². The first kappa shape index (κ1) is 17.6. The summed E-state index contributed by atoms with van der Waals surface area (Å²) in [5.41, 5.74) is 1.49. The molecule has 3 aromatic rings. The van der Waals surface area contributed by atoms with Crippen molar-refractivity contribution in [1.82, 2.24) is 19.7 Å². The maximum Gasteiger partial charge on any atom is 0.389 e. The monoisotopic (exact) mass is 362 g/mol. The summed E-state index contributed by atoms with van der Waals surface area (Å²) in [7, 11) is 0. The minimum Gasteiger partial charge on any atom is -0.401 e. The van der Waals surface area contributed by atoms with E-state index in [0.717, 1.165) is 0 Å². The van der Waals surface area contributed by atoms with Gasteiger partial charge in [0.25, 0.3) is 5.56 Å². The van der Waals surface area contributed by atoms with Crippen molar-refractivity contribution in [2.45, 2.75) is 20.1 Å². The number of hydrogen-bond acceptors (Lipinski definition) is 5. The van der Waals surface area contributed by atoms with Crippen molar-refractivity contribution in [3.8, 4) is 17.3 Å². The summed E-state index contributed by atoms with van der Waals surface area (Å²) in [6.45, 7) is -1.29. The molecule has 0 atom stereocenters. The number of hydrogen-bond donors (Lipinski definition) is 0. The minimum absolute atomic E-state index is 0.0807. The molecule has 9 heteroatoms. The maximum atomic E-state index is 13.7. The van der Waals surface area contributed by atoms with Crippen molar-refractivity contribution in [3.05, 3.63) is 70.0 Å². The molecule has 0 aliphatic carbocycles. The average Bonchev–Trinajstić information content (AvgIpc) is 2.60. The van der Waals surface area contributed by atoms with Crippen LogP contribution >= 0.6 is 0 Å². The fourth-order valence-electron chi connectivity index (χ4n) is 2.21. The molecule has 134 valence electrons. The van der Waals surface area contributed by atoms with Gasteiger partial charge in [-0.1, -0.05) is 12.1 Å². The highest BCUT2D eigenvalue weighted by atomic mass is 19.3. The SMILES string of the molecule is Cc1ccc(Cn2nc(-c3cnc(OC(F)F)nc3)ccc2=O)cc1F. The topological polar surface area (TPSA) is 69.9 Å². The van der Waals surface area contributed by atoms with Crippen LogP contribution in [0.25, 0.3) is 11.3 Å². The second-order valence-corrected chi connectivity index (χ2v) is 5.43. The van der Waals surface area contributed by atoms with E-state index < -0.39 is 12.6 Å². The third-order valence-corrected chi connectivity index (χ3v) is 3.55. The average molecular weight is 362 g/mol. The molecule has 2 heterocycles. The lowest BCUT2D eigenvalue weighted by atomic mass is 10.1. The number of benzene rings is 1. The molecule has 3 rings (SSSR count). The molecular formula is C17H13F3N4O2. The summed E-state index contributed by atoms with van der Waals surface area (Å²) in [5, 5.41) is 4.19. The van der Waals surface area contributed by atoms with Crippen molar-refractivity contribution >= 4 is 0 Å². The third-order valence-electron chi connectivity index (χ3n) is 3.55. The standard InChI is InChI=1S/C17H13F3N4O2/c1-10-2-3-11(6-13(10)18)9-24-15(25)5-4-14(23-24)12-7-21-17(22-8-12)26-16(19)20/h2-8,16H,9H2,1H3. The van der Waals surface area contributed by atoms with Crippen LogP contribution in [0, 0.1) is 12.7 Å². The van der Waals surface area contributed by atoms with Crippen LogP contribution in [0.2, 0.25) is 0 Å². The van der Waals surface area contributed by atoms with E-state index in [2.05, 4.69) is 19.8 Å². The zero-order chi connectivity index (χ0) is 18.7. The Hall–Kier alpha value is -3.23. The number of halogens is 3. The first-order valence-electron chi connectivity index (χ1n) is 7.53. The van der Waals surface area contributed by atoms with Crippen LogP contribution in [0.4, 0.5) is 13.2 Å². The Labute approximate surface area is 145 Å². The van der Waals surface area contributed by atoms with Gasteiger partial charge in [-0.05, 0) is 30.2 Å². The van der Waals surface area contributed by atoms with Gasteiger partial charge in [-0.3, -0.25) is 4.79 Å². The van der Waals surface area contributed by atoms with Crippen LogP contribution in [-0.2, 0) is 6.54 Å². The van der Waals surface area contributed by atoms with Gasteiger partial charge < -0.3 is 4.74 Å². The molecule has 0 saturated heterocycles. The molecule has 6 nitrogen and oxygen atoms in total. The summed E-state index contributed by atoms with van der Waals surface area (Å²) in [6.07, 6.45) is 2.51. The van der Waals surface area contributed by atoms with Gasteiger partial charge in [0.2, 0.25) is 0 Å². The van der Waals surface area contributed by atoms with Crippen LogP contribution < -0.4 is 10.3 Å². The number of ether oxygens (including phenoxy) is 1. The van der Waals surface area contributed by atoms with E-state index in [1.807, 2.05) is 0 Å². The van der Waals surface area contributed by atoms with Crippen molar-refractivity contribution in [2.75, 3.05) is 0 Å². The highest BCUT2D eigenvalue weighted by Crippen LogP contribution is 2.16. The summed E-state index contributed by atoms with van der Waals surface area (Å²) in [6, 6.07) is 6.97. The van der Waals surface area contributed by atoms with Crippen molar-refractivity contribution in [2.24, 2.45) is 0 Å². The Bertz CT molecular complexity index is 974. The fourth-order valence-corrected chi connectivity index (χ4v) is 2.21. The lowest BCUT2D eigenvalue weighted by molar-refractivity contribution is -0.0560. The highest BCUT2D eigenvalue weighted by Gasteiger charge is 2.09. The number of aromatic nitrogens is 4. The molecule has 0 N–H and O–H groups in total. The number of rotatable bonds is 5. The number of aryl methyl sites for hydroxylation is 1. The summed E-state index contributed by atoms with van der Waals surface area (Å²) in [5.74, 6) is -0.366.